The van der Waals surface area contributed by atoms with E-state index in [9.17, 15) is 18.0 Å². The summed E-state index contributed by atoms with van der Waals surface area (Å²) in [5.41, 5.74) is 3.06. The van der Waals surface area contributed by atoms with Crippen molar-refractivity contribution in [2.45, 2.75) is 24.7 Å². The van der Waals surface area contributed by atoms with Gasteiger partial charge in [0.25, 0.3) is 5.91 Å². The predicted molar refractivity (Wildman–Crippen MR) is 129 cm³/mol. The summed E-state index contributed by atoms with van der Waals surface area (Å²) in [4.78, 5) is 24.4. The Hall–Kier alpha value is -3.49. The van der Waals surface area contributed by atoms with Crippen molar-refractivity contribution in [1.29, 1.82) is 0 Å². The van der Waals surface area contributed by atoms with E-state index < -0.39 is 10.0 Å². The third kappa shape index (κ3) is 7.55. The average Bonchev–Trinajstić information content (AvgIpc) is 2.80. The molecule has 3 aromatic carbocycles. The van der Waals surface area contributed by atoms with Crippen molar-refractivity contribution in [2.24, 2.45) is 0 Å². The van der Waals surface area contributed by atoms with Crippen LogP contribution in [0.4, 0.5) is 5.69 Å². The Morgan fingerprint density at radius 2 is 1.58 bits per heavy atom. The van der Waals surface area contributed by atoms with Gasteiger partial charge in [0.2, 0.25) is 15.9 Å². The zero-order valence-electron chi connectivity index (χ0n) is 18.4. The fourth-order valence-corrected chi connectivity index (χ4v) is 4.21. The van der Waals surface area contributed by atoms with Gasteiger partial charge in [-0.1, -0.05) is 48.0 Å². The van der Waals surface area contributed by atoms with Crippen molar-refractivity contribution in [2.75, 3.05) is 18.4 Å². The van der Waals surface area contributed by atoms with Crippen LogP contribution in [0.1, 0.15) is 27.9 Å². The van der Waals surface area contributed by atoms with Crippen LogP contribution in [-0.2, 0) is 21.2 Å². The maximum Gasteiger partial charge on any atom is 0.251 e. The highest BCUT2D eigenvalue weighted by atomic mass is 32.2. The first-order valence-electron chi connectivity index (χ1n) is 10.6. The first-order valence-corrected chi connectivity index (χ1v) is 12.1. The Kier molecular flexibility index (Phi) is 8.34. The molecule has 0 unspecified atom stereocenters. The number of benzene rings is 3. The number of nitrogens with one attached hydrogen (secondary N) is 3. The molecule has 0 spiro atoms. The molecule has 0 atom stereocenters. The highest BCUT2D eigenvalue weighted by molar-refractivity contribution is 7.89. The third-order valence-electron chi connectivity index (χ3n) is 4.91. The van der Waals surface area contributed by atoms with Gasteiger partial charge in [-0.15, -0.1) is 0 Å². The van der Waals surface area contributed by atoms with E-state index in [-0.39, 0.29) is 29.7 Å². The Bertz CT molecular complexity index is 1190. The second-order valence-corrected chi connectivity index (χ2v) is 9.35. The smallest absolute Gasteiger partial charge is 0.251 e. The highest BCUT2D eigenvalue weighted by Crippen LogP contribution is 2.14. The van der Waals surface area contributed by atoms with Gasteiger partial charge in [-0.25, -0.2) is 13.1 Å². The lowest BCUT2D eigenvalue weighted by Crippen LogP contribution is -2.27. The van der Waals surface area contributed by atoms with Gasteiger partial charge in [0, 0.05) is 30.8 Å². The summed E-state index contributed by atoms with van der Waals surface area (Å²) < 4.78 is 27.5. The Morgan fingerprint density at radius 1 is 0.848 bits per heavy atom. The van der Waals surface area contributed by atoms with Gasteiger partial charge in [-0.3, -0.25) is 9.59 Å². The molecular weight excluding hydrogens is 438 g/mol. The van der Waals surface area contributed by atoms with Crippen LogP contribution in [0.2, 0.25) is 0 Å². The summed E-state index contributed by atoms with van der Waals surface area (Å²) in [5, 5.41) is 5.42. The molecule has 0 aliphatic carbocycles. The molecule has 0 saturated heterocycles. The topological polar surface area (TPSA) is 104 Å². The summed E-state index contributed by atoms with van der Waals surface area (Å²) in [6, 6.07) is 22.8. The standard InChI is InChI=1S/C25H27N3O4S/c1-19-6-5-9-21(18-19)25(30)26-16-15-24(29)28-22-10-12-23(13-11-22)33(31,32)27-17-14-20-7-3-2-4-8-20/h2-13,18,27H,14-17H2,1H3,(H,26,30)(H,28,29). The molecule has 0 heterocycles. The van der Waals surface area contributed by atoms with Crippen molar-refractivity contribution in [1.82, 2.24) is 10.0 Å². The number of hydrogen-bond acceptors (Lipinski definition) is 4. The van der Waals surface area contributed by atoms with E-state index in [0.717, 1.165) is 11.1 Å². The Morgan fingerprint density at radius 3 is 2.27 bits per heavy atom. The molecule has 172 valence electrons. The Balaban J connectivity index is 1.44. The molecule has 0 bridgehead atoms. The number of sulfonamides is 1. The second-order valence-electron chi connectivity index (χ2n) is 7.58. The normalized spacial score (nSPS) is 11.1. The number of carbonyl (C=O) groups excluding carboxylic acids is 2. The predicted octanol–water partition coefficient (Wildman–Crippen LogP) is 3.27. The lowest BCUT2D eigenvalue weighted by molar-refractivity contribution is -0.116. The van der Waals surface area contributed by atoms with E-state index in [1.165, 1.54) is 24.3 Å². The van der Waals surface area contributed by atoms with E-state index in [1.54, 1.807) is 18.2 Å². The first kappa shape index (κ1) is 24.2. The summed E-state index contributed by atoms with van der Waals surface area (Å²) in [6.45, 7) is 2.39. The van der Waals surface area contributed by atoms with Gasteiger partial charge < -0.3 is 10.6 Å². The van der Waals surface area contributed by atoms with Gasteiger partial charge in [0.1, 0.15) is 0 Å². The fourth-order valence-electron chi connectivity index (χ4n) is 3.18. The molecule has 0 fully saturated rings. The van der Waals surface area contributed by atoms with Crippen molar-refractivity contribution < 1.29 is 18.0 Å². The fraction of sp³-hybridized carbons (Fsp3) is 0.200. The van der Waals surface area contributed by atoms with E-state index in [4.69, 9.17) is 0 Å². The zero-order chi connectivity index (χ0) is 23.7. The van der Waals surface area contributed by atoms with Crippen molar-refractivity contribution in [3.63, 3.8) is 0 Å². The number of aryl methyl sites for hydroxylation is 1. The van der Waals surface area contributed by atoms with Gasteiger partial charge in [-0.2, -0.15) is 0 Å². The summed E-state index contributed by atoms with van der Waals surface area (Å²) in [7, 11) is -3.64. The molecule has 0 aromatic heterocycles. The number of carbonyl (C=O) groups is 2. The number of hydrogen-bond donors (Lipinski definition) is 3. The minimum atomic E-state index is -3.64. The van der Waals surface area contributed by atoms with Gasteiger partial charge in [0.05, 0.1) is 4.90 Å². The SMILES string of the molecule is Cc1cccc(C(=O)NCCC(=O)Nc2ccc(S(=O)(=O)NCCc3ccccc3)cc2)c1. The molecule has 2 amide bonds. The monoisotopic (exact) mass is 465 g/mol. The summed E-state index contributed by atoms with van der Waals surface area (Å²) in [5.74, 6) is -0.517. The van der Waals surface area contributed by atoms with Crippen LogP contribution in [0.15, 0.2) is 83.8 Å². The van der Waals surface area contributed by atoms with E-state index in [2.05, 4.69) is 15.4 Å². The number of anilines is 1. The maximum absolute atomic E-state index is 12.5. The molecular formula is C25H27N3O4S. The molecule has 0 saturated carbocycles. The molecule has 0 radical (unpaired) electrons. The van der Waals surface area contributed by atoms with E-state index in [0.29, 0.717) is 24.2 Å². The minimum absolute atomic E-state index is 0.0959. The van der Waals surface area contributed by atoms with Crippen LogP contribution in [0.3, 0.4) is 0 Å². The van der Waals surface area contributed by atoms with Crippen molar-refractivity contribution >= 4 is 27.5 Å². The van der Waals surface area contributed by atoms with Crippen LogP contribution in [0, 0.1) is 6.92 Å². The largest absolute Gasteiger partial charge is 0.352 e. The first-order chi connectivity index (χ1) is 15.8. The summed E-state index contributed by atoms with van der Waals surface area (Å²) >= 11 is 0. The summed E-state index contributed by atoms with van der Waals surface area (Å²) in [6.07, 6.45) is 0.688. The zero-order valence-corrected chi connectivity index (χ0v) is 19.2. The van der Waals surface area contributed by atoms with Crippen LogP contribution < -0.4 is 15.4 Å². The van der Waals surface area contributed by atoms with Crippen LogP contribution in [-0.4, -0.2) is 33.3 Å². The molecule has 3 N–H and O–H groups in total. The van der Waals surface area contributed by atoms with Gasteiger partial charge >= 0.3 is 0 Å². The average molecular weight is 466 g/mol. The van der Waals surface area contributed by atoms with Crippen molar-refractivity contribution in [3.05, 3.63) is 95.6 Å². The molecule has 33 heavy (non-hydrogen) atoms. The minimum Gasteiger partial charge on any atom is -0.352 e. The highest BCUT2D eigenvalue weighted by Gasteiger charge is 2.14. The molecule has 3 aromatic rings. The lowest BCUT2D eigenvalue weighted by Gasteiger charge is -2.09. The second kappa shape index (κ2) is 11.4. The van der Waals surface area contributed by atoms with Crippen LogP contribution in [0.25, 0.3) is 0 Å². The van der Waals surface area contributed by atoms with E-state index >= 15 is 0 Å². The van der Waals surface area contributed by atoms with Gasteiger partial charge in [-0.05, 0) is 55.3 Å². The molecule has 0 aliphatic heterocycles. The maximum atomic E-state index is 12.5. The van der Waals surface area contributed by atoms with Gasteiger partial charge in [0.15, 0.2) is 0 Å². The lowest BCUT2D eigenvalue weighted by atomic mass is 10.1. The van der Waals surface area contributed by atoms with Crippen molar-refractivity contribution in [3.8, 4) is 0 Å². The molecule has 8 heteroatoms. The third-order valence-corrected chi connectivity index (χ3v) is 6.39. The van der Waals surface area contributed by atoms with E-state index in [1.807, 2.05) is 43.3 Å². The van der Waals surface area contributed by atoms with Crippen LogP contribution in [0.5, 0.6) is 0 Å². The Labute approximate surface area is 194 Å². The quantitative estimate of drug-likeness (QED) is 0.427. The number of rotatable bonds is 10. The molecule has 7 nitrogen and oxygen atoms in total. The molecule has 0 aliphatic rings. The number of amides is 2. The molecule has 3 rings (SSSR count). The van der Waals surface area contributed by atoms with Crippen LogP contribution >= 0.6 is 0 Å².